The van der Waals surface area contributed by atoms with Crippen LogP contribution >= 0.6 is 38.5 Å². The Labute approximate surface area is 98.6 Å². The van der Waals surface area contributed by atoms with Crippen LogP contribution in [0.3, 0.4) is 0 Å². The van der Waals surface area contributed by atoms with E-state index in [1.807, 2.05) is 19.1 Å². The molecule has 0 spiro atoms. The van der Waals surface area contributed by atoms with E-state index in [-0.39, 0.29) is 6.42 Å². The minimum absolute atomic E-state index is 0.0924. The summed E-state index contributed by atoms with van der Waals surface area (Å²) in [5.41, 5.74) is 1.91. The zero-order chi connectivity index (χ0) is 10.0. The lowest BCUT2D eigenvalue weighted by Crippen LogP contribution is -2.03. The molecule has 4 heteroatoms. The summed E-state index contributed by atoms with van der Waals surface area (Å²) in [5, 5.41) is 8.64. The summed E-state index contributed by atoms with van der Waals surface area (Å²) in [6.45, 7) is 1.94. The fourth-order valence-electron chi connectivity index (χ4n) is 1.05. The largest absolute Gasteiger partial charge is 0.481 e. The predicted molar refractivity (Wildman–Crippen MR) is 62.9 cm³/mol. The minimum Gasteiger partial charge on any atom is -0.481 e. The van der Waals surface area contributed by atoms with E-state index >= 15 is 0 Å². The molecule has 1 N–H and O–H groups in total. The molecule has 0 bridgehead atoms. The van der Waals surface area contributed by atoms with Crippen molar-refractivity contribution in [2.24, 2.45) is 0 Å². The molecule has 0 fully saturated rings. The molecule has 0 aliphatic heterocycles. The molecule has 0 aromatic heterocycles. The van der Waals surface area contributed by atoms with Gasteiger partial charge in [0.1, 0.15) is 0 Å². The van der Waals surface area contributed by atoms with Crippen molar-refractivity contribution >= 4 is 44.5 Å². The van der Waals surface area contributed by atoms with Crippen LogP contribution in [-0.4, -0.2) is 11.1 Å². The van der Waals surface area contributed by atoms with Gasteiger partial charge in [-0.2, -0.15) is 0 Å². The van der Waals surface area contributed by atoms with Gasteiger partial charge in [-0.15, -0.1) is 0 Å². The lowest BCUT2D eigenvalue weighted by atomic mass is 10.1. The second-order valence-electron chi connectivity index (χ2n) is 2.72. The molecule has 0 aliphatic carbocycles. The number of carboxylic acid groups (broad SMARTS) is 1. The first-order valence-electron chi connectivity index (χ1n) is 3.67. The summed E-state index contributed by atoms with van der Waals surface area (Å²) in [7, 11) is 0. The van der Waals surface area contributed by atoms with Crippen LogP contribution in [0.2, 0.25) is 0 Å². The summed E-state index contributed by atoms with van der Waals surface area (Å²) in [6.07, 6.45) is 0.0924. The molecule has 2 nitrogen and oxygen atoms in total. The quantitative estimate of drug-likeness (QED) is 0.829. The van der Waals surface area contributed by atoms with Crippen molar-refractivity contribution in [3.05, 3.63) is 31.3 Å². The van der Waals surface area contributed by atoms with Crippen LogP contribution < -0.4 is 0 Å². The lowest BCUT2D eigenvalue weighted by molar-refractivity contribution is -0.136. The van der Waals surface area contributed by atoms with Crippen LogP contribution in [0.4, 0.5) is 0 Å². The van der Waals surface area contributed by atoms with E-state index in [0.717, 1.165) is 19.2 Å². The third-order valence-electron chi connectivity index (χ3n) is 1.79. The van der Waals surface area contributed by atoms with Gasteiger partial charge < -0.3 is 5.11 Å². The van der Waals surface area contributed by atoms with Gasteiger partial charge in [-0.1, -0.05) is 6.07 Å². The summed E-state index contributed by atoms with van der Waals surface area (Å²) in [4.78, 5) is 10.5. The van der Waals surface area contributed by atoms with E-state index in [9.17, 15) is 4.79 Å². The summed E-state index contributed by atoms with van der Waals surface area (Å²) in [6, 6.07) is 3.72. The van der Waals surface area contributed by atoms with Gasteiger partial charge in [-0.25, -0.2) is 0 Å². The molecule has 0 amide bonds. The summed E-state index contributed by atoms with van der Waals surface area (Å²) in [5.74, 6) is -0.791. The molecular weight excluding hydrogens is 347 g/mol. The van der Waals surface area contributed by atoms with E-state index in [4.69, 9.17) is 5.11 Å². The first-order chi connectivity index (χ1) is 6.02. The predicted octanol–water partition coefficient (Wildman–Crippen LogP) is 2.99. The maximum absolute atomic E-state index is 10.5. The van der Waals surface area contributed by atoms with E-state index in [0.29, 0.717) is 0 Å². The van der Waals surface area contributed by atoms with E-state index in [2.05, 4.69) is 38.5 Å². The standard InChI is InChI=1S/C9H8BrIO2/c1-5-6(4-8(12)13)2-3-7(10)9(5)11/h2-3H,4H2,1H3,(H,12,13). The SMILES string of the molecule is Cc1c(CC(=O)O)ccc(Br)c1I. The molecule has 70 valence electrons. The normalized spacial score (nSPS) is 10.1. The Hall–Kier alpha value is -0.100. The Balaban J connectivity index is 3.10. The van der Waals surface area contributed by atoms with Crippen LogP contribution in [0.1, 0.15) is 11.1 Å². The number of hydrogen-bond acceptors (Lipinski definition) is 1. The number of aliphatic carboxylic acids is 1. The average Bonchev–Trinajstić information content (AvgIpc) is 2.06. The van der Waals surface area contributed by atoms with Crippen molar-refractivity contribution in [1.29, 1.82) is 0 Å². The zero-order valence-corrected chi connectivity index (χ0v) is 10.7. The number of rotatable bonds is 2. The fraction of sp³-hybridized carbons (Fsp3) is 0.222. The van der Waals surface area contributed by atoms with Crippen LogP contribution in [-0.2, 0) is 11.2 Å². The Morgan fingerprint density at radius 3 is 2.77 bits per heavy atom. The molecular formula is C9H8BrIO2. The number of carboxylic acids is 1. The van der Waals surface area contributed by atoms with Crippen LogP contribution in [0.15, 0.2) is 16.6 Å². The molecule has 13 heavy (non-hydrogen) atoms. The second kappa shape index (κ2) is 4.41. The smallest absolute Gasteiger partial charge is 0.307 e. The average molecular weight is 355 g/mol. The van der Waals surface area contributed by atoms with Gasteiger partial charge in [0.2, 0.25) is 0 Å². The number of hydrogen-bond donors (Lipinski definition) is 1. The molecule has 0 saturated heterocycles. The van der Waals surface area contributed by atoms with Gasteiger partial charge in [-0.3, -0.25) is 4.79 Å². The monoisotopic (exact) mass is 354 g/mol. The summed E-state index contributed by atoms with van der Waals surface area (Å²) >= 11 is 5.59. The third-order valence-corrected chi connectivity index (χ3v) is 4.59. The van der Waals surface area contributed by atoms with Crippen molar-refractivity contribution < 1.29 is 9.90 Å². The summed E-state index contributed by atoms with van der Waals surface area (Å²) < 4.78 is 2.09. The maximum Gasteiger partial charge on any atom is 0.307 e. The van der Waals surface area contributed by atoms with Crippen LogP contribution in [0, 0.1) is 10.5 Å². The van der Waals surface area contributed by atoms with Crippen molar-refractivity contribution in [1.82, 2.24) is 0 Å². The maximum atomic E-state index is 10.5. The minimum atomic E-state index is -0.791. The van der Waals surface area contributed by atoms with Crippen LogP contribution in [0.25, 0.3) is 0 Å². The van der Waals surface area contributed by atoms with E-state index in [1.54, 1.807) is 0 Å². The topological polar surface area (TPSA) is 37.3 Å². The number of carbonyl (C=O) groups is 1. The van der Waals surface area contributed by atoms with Gasteiger partial charge in [0.05, 0.1) is 6.42 Å². The molecule has 0 unspecified atom stereocenters. The Morgan fingerprint density at radius 1 is 1.62 bits per heavy atom. The fourth-order valence-corrected chi connectivity index (χ4v) is 2.00. The Morgan fingerprint density at radius 2 is 2.23 bits per heavy atom. The van der Waals surface area contributed by atoms with Crippen molar-refractivity contribution in [3.63, 3.8) is 0 Å². The molecule has 1 rings (SSSR count). The lowest BCUT2D eigenvalue weighted by Gasteiger charge is -2.06. The molecule has 0 saturated carbocycles. The van der Waals surface area contributed by atoms with Crippen molar-refractivity contribution in [3.8, 4) is 0 Å². The van der Waals surface area contributed by atoms with Gasteiger partial charge in [0, 0.05) is 8.04 Å². The van der Waals surface area contributed by atoms with E-state index < -0.39 is 5.97 Å². The van der Waals surface area contributed by atoms with Gasteiger partial charge in [0.25, 0.3) is 0 Å². The second-order valence-corrected chi connectivity index (χ2v) is 4.65. The molecule has 0 radical (unpaired) electrons. The first-order valence-corrected chi connectivity index (χ1v) is 5.55. The van der Waals surface area contributed by atoms with E-state index in [1.165, 1.54) is 0 Å². The molecule has 0 aliphatic rings. The number of halogens is 2. The zero-order valence-electron chi connectivity index (χ0n) is 6.97. The highest BCUT2D eigenvalue weighted by Crippen LogP contribution is 2.25. The highest BCUT2D eigenvalue weighted by molar-refractivity contribution is 14.1. The van der Waals surface area contributed by atoms with Crippen molar-refractivity contribution in [2.45, 2.75) is 13.3 Å². The van der Waals surface area contributed by atoms with Gasteiger partial charge in [0.15, 0.2) is 0 Å². The first kappa shape index (κ1) is 11.0. The molecule has 0 heterocycles. The number of benzene rings is 1. The highest BCUT2D eigenvalue weighted by Gasteiger charge is 2.08. The van der Waals surface area contributed by atoms with Gasteiger partial charge in [-0.05, 0) is 62.6 Å². The van der Waals surface area contributed by atoms with Crippen LogP contribution in [0.5, 0.6) is 0 Å². The molecule has 1 aromatic carbocycles. The molecule has 0 atom stereocenters. The van der Waals surface area contributed by atoms with Crippen molar-refractivity contribution in [2.75, 3.05) is 0 Å². The third kappa shape index (κ3) is 2.67. The Kier molecular flexibility index (Phi) is 3.73. The van der Waals surface area contributed by atoms with Gasteiger partial charge >= 0.3 is 5.97 Å². The molecule has 1 aromatic rings. The Bertz CT molecular complexity index is 350. The highest BCUT2D eigenvalue weighted by atomic mass is 127.